The highest BCUT2D eigenvalue weighted by molar-refractivity contribution is 5.78. The predicted octanol–water partition coefficient (Wildman–Crippen LogP) is 5.99. The molecule has 0 aromatic carbocycles. The molecule has 2 bridgehead atoms. The molecular formula is C50H77NO13. The summed E-state index contributed by atoms with van der Waals surface area (Å²) in [5.74, 6) is -2.52. The summed E-state index contributed by atoms with van der Waals surface area (Å²) in [4.78, 5) is 14.4. The van der Waals surface area contributed by atoms with Crippen LogP contribution in [0.4, 0.5) is 0 Å². The molecule has 0 saturated carbocycles. The minimum absolute atomic E-state index is 0.0399. The molecule has 14 nitrogen and oxygen atoms in total. The zero-order valence-corrected chi connectivity index (χ0v) is 40.2. The molecule has 7 aliphatic rings. The summed E-state index contributed by atoms with van der Waals surface area (Å²) in [7, 11) is 5.32. The zero-order valence-electron chi connectivity index (χ0n) is 40.2. The zero-order chi connectivity index (χ0) is 46.3. The van der Waals surface area contributed by atoms with Gasteiger partial charge in [-0.05, 0) is 76.8 Å². The lowest BCUT2D eigenvalue weighted by Gasteiger charge is -2.49. The summed E-state index contributed by atoms with van der Waals surface area (Å²) in [6.45, 7) is 18.5. The molecule has 14 heteroatoms. The highest BCUT2D eigenvalue weighted by Crippen LogP contribution is 2.47. The molecule has 6 heterocycles. The van der Waals surface area contributed by atoms with Crippen molar-refractivity contribution >= 4 is 5.97 Å². The Balaban J connectivity index is 1.17. The molecule has 3 N–H and O–H groups in total. The molecule has 0 radical (unpaired) electrons. The van der Waals surface area contributed by atoms with Crippen LogP contribution >= 0.6 is 0 Å². The van der Waals surface area contributed by atoms with Crippen LogP contribution < -0.4 is 5.32 Å². The fraction of sp³-hybridized carbons (Fsp3) is 0.780. The average molecular weight is 900 g/mol. The van der Waals surface area contributed by atoms with Crippen molar-refractivity contribution in [1.29, 1.82) is 0 Å². The van der Waals surface area contributed by atoms with E-state index in [1.807, 2.05) is 39.1 Å². The van der Waals surface area contributed by atoms with Crippen LogP contribution in [0.15, 0.2) is 59.3 Å². The molecule has 0 aromatic rings. The van der Waals surface area contributed by atoms with E-state index in [1.165, 1.54) is 0 Å². The monoisotopic (exact) mass is 900 g/mol. The third-order valence-corrected chi connectivity index (χ3v) is 15.6. The number of rotatable bonds is 9. The van der Waals surface area contributed by atoms with Crippen LogP contribution in [0.2, 0.25) is 0 Å². The molecule has 1 aliphatic carbocycles. The average Bonchev–Trinajstić information content (AvgIpc) is 3.61. The summed E-state index contributed by atoms with van der Waals surface area (Å²) in [6, 6.07) is 0. The largest absolute Gasteiger partial charge is 0.462 e. The Bertz CT molecular complexity index is 1800. The fourth-order valence-corrected chi connectivity index (χ4v) is 11.1. The highest BCUT2D eigenvalue weighted by Gasteiger charge is 2.60. The van der Waals surface area contributed by atoms with Gasteiger partial charge in [0.05, 0.1) is 54.9 Å². The third-order valence-electron chi connectivity index (χ3n) is 15.6. The molecule has 4 saturated heterocycles. The first-order valence-corrected chi connectivity index (χ1v) is 23.8. The number of likely N-dealkylation sites (N-methyl/N-ethyl adjacent to an activating group) is 1. The van der Waals surface area contributed by atoms with Crippen LogP contribution in [0.25, 0.3) is 0 Å². The molecule has 1 spiro atoms. The smallest absolute Gasteiger partial charge is 0.316 e. The minimum Gasteiger partial charge on any atom is -0.462 e. The predicted molar refractivity (Wildman–Crippen MR) is 239 cm³/mol. The number of carbonyl (C=O) groups is 1. The van der Waals surface area contributed by atoms with Crippen molar-refractivity contribution in [3.8, 4) is 0 Å². The first kappa shape index (κ1) is 49.6. The van der Waals surface area contributed by atoms with Crippen LogP contribution in [0.5, 0.6) is 0 Å². The van der Waals surface area contributed by atoms with E-state index in [0.717, 1.165) is 12.0 Å². The Morgan fingerprint density at radius 1 is 0.953 bits per heavy atom. The number of nitrogens with one attached hydrogen (secondary N) is 1. The lowest BCUT2D eigenvalue weighted by molar-refractivity contribution is -0.317. The third kappa shape index (κ3) is 9.69. The molecule has 7 rings (SSSR count). The summed E-state index contributed by atoms with van der Waals surface area (Å²) >= 11 is 0. The van der Waals surface area contributed by atoms with E-state index in [0.29, 0.717) is 43.3 Å². The Morgan fingerprint density at radius 3 is 2.41 bits per heavy atom. The van der Waals surface area contributed by atoms with Gasteiger partial charge in [0.15, 0.2) is 18.4 Å². The summed E-state index contributed by atoms with van der Waals surface area (Å²) in [5, 5.41) is 27.2. The van der Waals surface area contributed by atoms with Gasteiger partial charge in [0.1, 0.15) is 35.9 Å². The van der Waals surface area contributed by atoms with Gasteiger partial charge in [-0.2, -0.15) is 0 Å². The number of methoxy groups -OCH3 is 2. The van der Waals surface area contributed by atoms with Crippen LogP contribution in [0.3, 0.4) is 0 Å². The van der Waals surface area contributed by atoms with Gasteiger partial charge < -0.3 is 62.9 Å². The maximum Gasteiger partial charge on any atom is 0.316 e. The second-order valence-corrected chi connectivity index (χ2v) is 19.9. The lowest BCUT2D eigenvalue weighted by atomic mass is 9.71. The van der Waals surface area contributed by atoms with Crippen LogP contribution in [0, 0.1) is 23.7 Å². The van der Waals surface area contributed by atoms with Gasteiger partial charge in [0.2, 0.25) is 0 Å². The van der Waals surface area contributed by atoms with E-state index in [2.05, 4.69) is 59.0 Å². The topological polar surface area (TPSA) is 162 Å². The van der Waals surface area contributed by atoms with Gasteiger partial charge in [0, 0.05) is 51.7 Å². The molecule has 0 amide bonds. The maximum absolute atomic E-state index is 14.4. The van der Waals surface area contributed by atoms with E-state index >= 15 is 0 Å². The molecule has 4 fully saturated rings. The van der Waals surface area contributed by atoms with E-state index in [4.69, 9.17) is 47.4 Å². The van der Waals surface area contributed by atoms with E-state index < -0.39 is 72.5 Å². The summed E-state index contributed by atoms with van der Waals surface area (Å²) in [5.41, 5.74) is -0.201. The van der Waals surface area contributed by atoms with Gasteiger partial charge in [0.25, 0.3) is 0 Å². The minimum atomic E-state index is -1.83. The quantitative estimate of drug-likeness (QED) is 0.183. The second-order valence-electron chi connectivity index (χ2n) is 19.9. The maximum atomic E-state index is 14.4. The van der Waals surface area contributed by atoms with Crippen molar-refractivity contribution in [3.05, 3.63) is 59.3 Å². The number of aliphatic hydroxyl groups is 2. The summed E-state index contributed by atoms with van der Waals surface area (Å²) < 4.78 is 64.9. The number of aliphatic hydroxyl groups excluding tert-OH is 1. The van der Waals surface area contributed by atoms with Gasteiger partial charge in [-0.25, -0.2) is 0 Å². The van der Waals surface area contributed by atoms with Crippen molar-refractivity contribution in [2.75, 3.05) is 27.9 Å². The van der Waals surface area contributed by atoms with Crippen LogP contribution in [0.1, 0.15) is 101 Å². The molecule has 360 valence electrons. The van der Waals surface area contributed by atoms with E-state index in [-0.39, 0.29) is 60.4 Å². The first-order valence-electron chi connectivity index (χ1n) is 23.8. The number of hydrogen-bond acceptors (Lipinski definition) is 14. The summed E-state index contributed by atoms with van der Waals surface area (Å²) in [6.07, 6.45) is 10.5. The SMILES string of the molecule is CCC(C)C1OC2(C=C[C@@H]1C)CC1CC(C/C=C(\C)[C@@H](O[C@H]3CC(OC)[C@@H](O[C@H]4CC(OC)[C@](C)(NC)C(C)O4)C(C)O3)[C@@H](C)/C=C/C=C3\COC4C(O)C(C)=C[C@@H](C(=O)O1)[C@]34O)O2. The Morgan fingerprint density at radius 2 is 1.70 bits per heavy atom. The molecule has 11 unspecified atom stereocenters. The van der Waals surface area contributed by atoms with Crippen molar-refractivity contribution < 1.29 is 62.4 Å². The van der Waals surface area contributed by atoms with Crippen molar-refractivity contribution in [3.63, 3.8) is 0 Å². The van der Waals surface area contributed by atoms with E-state index in [9.17, 15) is 15.0 Å². The molecule has 20 atom stereocenters. The fourth-order valence-electron chi connectivity index (χ4n) is 11.1. The molecule has 64 heavy (non-hydrogen) atoms. The Hall–Kier alpha value is -2.31. The first-order chi connectivity index (χ1) is 30.4. The van der Waals surface area contributed by atoms with Crippen molar-refractivity contribution in [2.45, 2.75) is 197 Å². The van der Waals surface area contributed by atoms with Gasteiger partial charge in [-0.15, -0.1) is 0 Å². The normalized spacial score (nSPS) is 49.2. The Labute approximate surface area is 381 Å². The van der Waals surface area contributed by atoms with Gasteiger partial charge >= 0.3 is 5.97 Å². The lowest BCUT2D eigenvalue weighted by Crippen LogP contribution is -2.65. The Kier molecular flexibility index (Phi) is 15.6. The number of ether oxygens (including phenoxy) is 10. The number of fused-ring (bicyclic) bond motifs is 2. The molecule has 6 aliphatic heterocycles. The highest BCUT2D eigenvalue weighted by atomic mass is 16.7. The van der Waals surface area contributed by atoms with Gasteiger partial charge in [-0.1, -0.05) is 70.6 Å². The van der Waals surface area contributed by atoms with Crippen molar-refractivity contribution in [1.82, 2.24) is 5.32 Å². The van der Waals surface area contributed by atoms with Gasteiger partial charge in [-0.3, -0.25) is 4.79 Å². The standard InChI is InChI=1S/C50H77NO13/c1-13-27(2)44-30(5)19-20-49(64-44)25-36-22-35(63-49)18-17-29(4)43(28(3)15-14-16-34-26-57-46-42(52)31(6)21-37(47(53)60-36)50(34,46)54)61-40-23-38(55-11)45(32(7)58-40)62-41-24-39(56-12)48(9,51-10)33(8)59-41/h14-17,19-21,27-28,30,32-33,35-46,51-52,54H,13,18,22-26H2,1-12H3/b15-14+,29-17+,34-16+/t27?,28-,30-,32?,33?,35?,36?,37-,38?,39?,40-,41-,42?,43-,44?,45-,46?,48+,49?,50+/m0/s1. The number of allylic oxidation sites excluding steroid dienone is 2. The van der Waals surface area contributed by atoms with E-state index in [1.54, 1.807) is 33.3 Å². The number of hydrogen-bond donors (Lipinski definition) is 3. The van der Waals surface area contributed by atoms with Crippen LogP contribution in [-0.2, 0) is 52.2 Å². The number of carbonyl (C=O) groups excluding carboxylic acids is 1. The number of esters is 1. The molecular weight excluding hydrogens is 823 g/mol. The van der Waals surface area contributed by atoms with Crippen LogP contribution in [-0.4, -0.2) is 141 Å². The second kappa shape index (κ2) is 20.1. The van der Waals surface area contributed by atoms with Crippen molar-refractivity contribution in [2.24, 2.45) is 23.7 Å². The molecule has 0 aromatic heterocycles.